The molecule has 3 aliphatic rings. The minimum absolute atomic E-state index is 0.0137. The van der Waals surface area contributed by atoms with E-state index in [4.69, 9.17) is 5.73 Å². The van der Waals surface area contributed by atoms with E-state index >= 15 is 0 Å². The number of hydrogen-bond donors (Lipinski definition) is 4. The summed E-state index contributed by atoms with van der Waals surface area (Å²) in [4.78, 5) is 67.0. The van der Waals surface area contributed by atoms with Gasteiger partial charge in [-0.2, -0.15) is 0 Å². The fourth-order valence-electron chi connectivity index (χ4n) is 7.69. The summed E-state index contributed by atoms with van der Waals surface area (Å²) in [5.74, 6) is -11.6. The molecule has 0 radical (unpaired) electrons. The van der Waals surface area contributed by atoms with Crippen molar-refractivity contribution >= 4 is 34.7 Å². The molecule has 3 aliphatic carbocycles. The summed E-state index contributed by atoms with van der Waals surface area (Å²) in [7, 11) is 0. The molecular weight excluding hydrogens is 560 g/mol. The maximum Gasteiger partial charge on any atom is 0.235 e. The van der Waals surface area contributed by atoms with Gasteiger partial charge in [0.25, 0.3) is 0 Å². The Kier molecular flexibility index (Phi) is 7.24. The highest BCUT2D eigenvalue weighted by atomic mass is 16.3. The van der Waals surface area contributed by atoms with Crippen LogP contribution in [0.5, 0.6) is 5.75 Å². The van der Waals surface area contributed by atoms with Crippen LogP contribution in [0.25, 0.3) is 11.1 Å². The maximum atomic E-state index is 14.0. The summed E-state index contributed by atoms with van der Waals surface area (Å²) in [6.45, 7) is 4.06. The van der Waals surface area contributed by atoms with Gasteiger partial charge in [-0.3, -0.25) is 24.0 Å². The number of nitrogens with one attached hydrogen (secondary N) is 1. The van der Waals surface area contributed by atoms with Crippen molar-refractivity contribution in [1.82, 2.24) is 0 Å². The number of anilines is 1. The monoisotopic (exact) mass is 594 g/mol. The molecule has 0 spiro atoms. The molecule has 44 heavy (non-hydrogen) atoms. The number of nitrogens with two attached hydrogens (primary N) is 1. The van der Waals surface area contributed by atoms with Gasteiger partial charge < -0.3 is 21.3 Å². The van der Waals surface area contributed by atoms with Gasteiger partial charge in [0.1, 0.15) is 5.75 Å². The Balaban J connectivity index is 1.36. The van der Waals surface area contributed by atoms with E-state index in [-0.39, 0.29) is 24.2 Å². The van der Waals surface area contributed by atoms with Gasteiger partial charge >= 0.3 is 0 Å². The molecule has 0 bridgehead atoms. The van der Waals surface area contributed by atoms with Crippen LogP contribution in [0.2, 0.25) is 0 Å². The summed E-state index contributed by atoms with van der Waals surface area (Å²) in [6, 6.07) is 20.8. The zero-order valence-electron chi connectivity index (χ0n) is 24.4. The quantitative estimate of drug-likeness (QED) is 0.315. The highest BCUT2D eigenvalue weighted by Crippen LogP contribution is 2.53. The fourth-order valence-corrected chi connectivity index (χ4v) is 7.69. The molecule has 3 aromatic carbocycles. The van der Waals surface area contributed by atoms with Crippen LogP contribution < -0.4 is 11.1 Å². The second-order valence-corrected chi connectivity index (χ2v) is 12.6. The number of phenolic OH excluding ortho intramolecular Hbond substituents is 1. The number of amides is 1. The first kappa shape index (κ1) is 29.4. The van der Waals surface area contributed by atoms with E-state index in [2.05, 4.69) is 5.32 Å². The Hall–Kier alpha value is -4.63. The van der Waals surface area contributed by atoms with Gasteiger partial charge in [-0.25, -0.2) is 0 Å². The number of primary amides is 1. The van der Waals surface area contributed by atoms with Crippen molar-refractivity contribution in [3.63, 3.8) is 0 Å². The number of aromatic hydroxyl groups is 1. The molecule has 6 rings (SSSR count). The summed E-state index contributed by atoms with van der Waals surface area (Å²) in [5, 5.41) is 26.0. The Morgan fingerprint density at radius 1 is 0.977 bits per heavy atom. The number of fused-ring (bicyclic) bond motifs is 3. The zero-order valence-corrected chi connectivity index (χ0v) is 24.4. The molecule has 9 nitrogen and oxygen atoms in total. The van der Waals surface area contributed by atoms with E-state index in [1.807, 2.05) is 54.6 Å². The Bertz CT molecular complexity index is 1700. The van der Waals surface area contributed by atoms with Crippen LogP contribution >= 0.6 is 0 Å². The number of carbonyl (C=O) groups excluding carboxylic acids is 5. The van der Waals surface area contributed by atoms with E-state index in [0.717, 1.165) is 22.4 Å². The molecule has 0 aliphatic heterocycles. The molecular formula is C35H34N2O7. The number of ketones is 4. The Morgan fingerprint density at radius 2 is 1.66 bits per heavy atom. The summed E-state index contributed by atoms with van der Waals surface area (Å²) >= 11 is 0. The second-order valence-electron chi connectivity index (χ2n) is 12.6. The molecule has 2 saturated carbocycles. The second kappa shape index (κ2) is 10.8. The summed E-state index contributed by atoms with van der Waals surface area (Å²) in [5.41, 5.74) is 6.85. The number of phenols is 1. The van der Waals surface area contributed by atoms with E-state index < -0.39 is 70.1 Å². The summed E-state index contributed by atoms with van der Waals surface area (Å²) in [6.07, 6.45) is 0.265. The van der Waals surface area contributed by atoms with Crippen molar-refractivity contribution in [3.8, 4) is 16.9 Å². The average molecular weight is 595 g/mol. The molecule has 226 valence electrons. The topological polar surface area (TPSA) is 164 Å². The molecule has 6 atom stereocenters. The molecule has 2 fully saturated rings. The Morgan fingerprint density at radius 3 is 2.30 bits per heavy atom. The zero-order chi connectivity index (χ0) is 31.5. The molecule has 1 amide bonds. The van der Waals surface area contributed by atoms with Crippen LogP contribution in [0.15, 0.2) is 66.7 Å². The van der Waals surface area contributed by atoms with E-state index in [1.165, 1.54) is 6.07 Å². The third-order valence-electron chi connectivity index (χ3n) is 9.73. The van der Waals surface area contributed by atoms with Crippen LogP contribution in [0.1, 0.15) is 41.8 Å². The summed E-state index contributed by atoms with van der Waals surface area (Å²) < 4.78 is 0. The van der Waals surface area contributed by atoms with Crippen molar-refractivity contribution in [2.75, 3.05) is 5.32 Å². The molecule has 3 aromatic rings. The van der Waals surface area contributed by atoms with E-state index in [9.17, 15) is 34.2 Å². The predicted molar refractivity (Wildman–Crippen MR) is 161 cm³/mol. The predicted octanol–water partition coefficient (Wildman–Crippen LogP) is 3.49. The number of Topliss-reactive ketones (excluding diaryl/α,β-unsaturated/α-hetero) is 4. The molecule has 2 unspecified atom stereocenters. The highest BCUT2D eigenvalue weighted by Gasteiger charge is 2.69. The molecule has 9 heteroatoms. The van der Waals surface area contributed by atoms with E-state index in [1.54, 1.807) is 19.9 Å². The first-order chi connectivity index (χ1) is 20.9. The van der Waals surface area contributed by atoms with Crippen molar-refractivity contribution in [2.24, 2.45) is 41.2 Å². The molecule has 0 aromatic heterocycles. The molecule has 0 saturated heterocycles. The highest BCUT2D eigenvalue weighted by molar-refractivity contribution is 6.32. The third-order valence-corrected chi connectivity index (χ3v) is 9.73. The lowest BCUT2D eigenvalue weighted by molar-refractivity contribution is -0.182. The van der Waals surface area contributed by atoms with Crippen LogP contribution in [-0.2, 0) is 32.1 Å². The van der Waals surface area contributed by atoms with Crippen LogP contribution in [0, 0.1) is 35.5 Å². The largest absolute Gasteiger partial charge is 0.507 e. The number of benzene rings is 3. The average Bonchev–Trinajstić information content (AvgIpc) is 2.98. The SMILES string of the molecule is CC(C)[C@@H]1C(=O)C(C(N)=O)C(=O)[C@@]2(O)C(=O)C3C(=O)c4c(O)ccc(-c5ccc(CNc6ccccc6)cc5)c4C[C@H]3C[C@@H]12. The standard InChI is InChI=1S/C35H34N2O7/c1-17(2)26-24-15-20-14-23-22(19-10-8-18(9-11-19)16-37-21-6-4-3-5-7-21)12-13-25(38)28(23)31(40)27(20)32(41)35(24,44)33(42)29(30(26)39)34(36)43/h3-13,17,20,24,26-27,29,37-38,44H,14-16H2,1-2H3,(H2,36,43)/t20-,24-,26-,27?,29?,35-/m0/s1. The van der Waals surface area contributed by atoms with Gasteiger partial charge in [0, 0.05) is 24.1 Å². The number of aliphatic hydroxyl groups is 1. The number of rotatable bonds is 6. The van der Waals surface area contributed by atoms with E-state index in [0.29, 0.717) is 12.1 Å². The van der Waals surface area contributed by atoms with Crippen LogP contribution in [-0.4, -0.2) is 44.9 Å². The van der Waals surface area contributed by atoms with Crippen LogP contribution in [0.3, 0.4) is 0 Å². The first-order valence-corrected chi connectivity index (χ1v) is 14.9. The fraction of sp³-hybridized carbons (Fsp3) is 0.343. The third kappa shape index (κ3) is 4.45. The van der Waals surface area contributed by atoms with Crippen LogP contribution in [0.4, 0.5) is 5.69 Å². The maximum absolute atomic E-state index is 14.0. The van der Waals surface area contributed by atoms with Gasteiger partial charge in [-0.1, -0.05) is 62.4 Å². The minimum Gasteiger partial charge on any atom is -0.507 e. The first-order valence-electron chi connectivity index (χ1n) is 14.9. The molecule has 0 heterocycles. The lowest BCUT2D eigenvalue weighted by Crippen LogP contribution is -2.71. The lowest BCUT2D eigenvalue weighted by Gasteiger charge is -2.52. The number of carbonyl (C=O) groups is 5. The normalized spacial score (nSPS) is 27.9. The van der Waals surface area contributed by atoms with Gasteiger partial charge in [0.15, 0.2) is 34.7 Å². The minimum atomic E-state index is -2.70. The van der Waals surface area contributed by atoms with Crippen molar-refractivity contribution in [1.29, 1.82) is 0 Å². The number of para-hydroxylation sites is 1. The number of hydrogen-bond acceptors (Lipinski definition) is 8. The van der Waals surface area contributed by atoms with Gasteiger partial charge in [0.05, 0.1) is 11.5 Å². The lowest BCUT2D eigenvalue weighted by atomic mass is 9.49. The Labute approximate surface area is 254 Å². The van der Waals surface area contributed by atoms with Crippen molar-refractivity contribution in [3.05, 3.63) is 83.4 Å². The van der Waals surface area contributed by atoms with Crippen molar-refractivity contribution < 1.29 is 34.2 Å². The van der Waals surface area contributed by atoms with Gasteiger partial charge in [-0.05, 0) is 65.1 Å². The smallest absolute Gasteiger partial charge is 0.235 e. The van der Waals surface area contributed by atoms with Crippen molar-refractivity contribution in [2.45, 2.75) is 38.8 Å². The van der Waals surface area contributed by atoms with Gasteiger partial charge in [-0.15, -0.1) is 0 Å². The molecule has 5 N–H and O–H groups in total. The van der Waals surface area contributed by atoms with Gasteiger partial charge in [0.2, 0.25) is 5.91 Å².